The van der Waals surface area contributed by atoms with Gasteiger partial charge in [-0.3, -0.25) is 10.2 Å². The van der Waals surface area contributed by atoms with E-state index >= 15 is 0 Å². The third kappa shape index (κ3) is 4.01. The molecule has 0 bridgehead atoms. The lowest BCUT2D eigenvalue weighted by molar-refractivity contribution is -0.123. The topological polar surface area (TPSA) is 53.2 Å². The van der Waals surface area contributed by atoms with E-state index < -0.39 is 0 Å². The van der Waals surface area contributed by atoms with Gasteiger partial charge in [-0.25, -0.2) is 9.82 Å². The highest BCUT2D eigenvalue weighted by atomic mass is 19.1. The Morgan fingerprint density at radius 1 is 1.47 bits per heavy atom. The minimum atomic E-state index is -0.282. The van der Waals surface area contributed by atoms with Gasteiger partial charge in [0, 0.05) is 12.6 Å². The molecule has 3 N–H and O–H groups in total. The van der Waals surface area contributed by atoms with Gasteiger partial charge in [0.05, 0.1) is 0 Å². The Labute approximate surface area is 112 Å². The lowest BCUT2D eigenvalue weighted by atomic mass is 10.1. The van der Waals surface area contributed by atoms with Crippen LogP contribution in [0.5, 0.6) is 0 Å². The standard InChI is InChI=1S/C14H20FN3O/c1-2-4-12-8-13(18-17-12)14(19)16-9-10-5-3-6-11(15)7-10/h3,5-7,12-13,17-18H,2,4,8-9H2,1H3,(H,16,19). The van der Waals surface area contributed by atoms with E-state index in [0.29, 0.717) is 12.6 Å². The minimum Gasteiger partial charge on any atom is -0.351 e. The molecule has 1 aliphatic heterocycles. The maximum Gasteiger partial charge on any atom is 0.238 e. The first-order valence-corrected chi connectivity index (χ1v) is 6.72. The van der Waals surface area contributed by atoms with Crippen LogP contribution in [0.4, 0.5) is 4.39 Å². The summed E-state index contributed by atoms with van der Waals surface area (Å²) in [5.74, 6) is -0.328. The van der Waals surface area contributed by atoms with Gasteiger partial charge in [0.15, 0.2) is 0 Å². The smallest absolute Gasteiger partial charge is 0.238 e. The second-order valence-electron chi connectivity index (χ2n) is 4.91. The molecule has 2 unspecified atom stereocenters. The van der Waals surface area contributed by atoms with Gasteiger partial charge >= 0.3 is 0 Å². The van der Waals surface area contributed by atoms with E-state index in [1.165, 1.54) is 12.1 Å². The summed E-state index contributed by atoms with van der Waals surface area (Å²) in [6.07, 6.45) is 2.94. The second-order valence-corrected chi connectivity index (χ2v) is 4.91. The molecule has 2 atom stereocenters. The van der Waals surface area contributed by atoms with Crippen LogP contribution in [0.2, 0.25) is 0 Å². The summed E-state index contributed by atoms with van der Waals surface area (Å²) < 4.78 is 13.0. The first-order chi connectivity index (χ1) is 9.19. The summed E-state index contributed by atoms with van der Waals surface area (Å²) in [6, 6.07) is 6.41. The van der Waals surface area contributed by atoms with Crippen molar-refractivity contribution in [3.8, 4) is 0 Å². The molecule has 2 rings (SSSR count). The molecule has 1 aromatic carbocycles. The van der Waals surface area contributed by atoms with E-state index in [9.17, 15) is 9.18 Å². The van der Waals surface area contributed by atoms with Gasteiger partial charge in [-0.05, 0) is 30.5 Å². The Morgan fingerprint density at radius 2 is 2.32 bits per heavy atom. The highest BCUT2D eigenvalue weighted by Gasteiger charge is 2.28. The number of carbonyl (C=O) groups is 1. The molecule has 104 valence electrons. The van der Waals surface area contributed by atoms with Gasteiger partial charge in [-0.2, -0.15) is 0 Å². The third-order valence-corrected chi connectivity index (χ3v) is 3.29. The van der Waals surface area contributed by atoms with E-state index in [0.717, 1.165) is 24.8 Å². The highest BCUT2D eigenvalue weighted by molar-refractivity contribution is 5.82. The fourth-order valence-corrected chi connectivity index (χ4v) is 2.29. The van der Waals surface area contributed by atoms with Gasteiger partial charge in [0.25, 0.3) is 0 Å². The van der Waals surface area contributed by atoms with Gasteiger partial charge in [-0.15, -0.1) is 0 Å². The van der Waals surface area contributed by atoms with Crippen molar-refractivity contribution in [1.82, 2.24) is 16.2 Å². The van der Waals surface area contributed by atoms with E-state index in [1.54, 1.807) is 12.1 Å². The van der Waals surface area contributed by atoms with Crippen molar-refractivity contribution in [2.75, 3.05) is 0 Å². The van der Waals surface area contributed by atoms with Crippen molar-refractivity contribution in [2.24, 2.45) is 0 Å². The summed E-state index contributed by atoms with van der Waals surface area (Å²) in [4.78, 5) is 11.9. The van der Waals surface area contributed by atoms with Crippen LogP contribution in [0.15, 0.2) is 24.3 Å². The number of hydrogen-bond donors (Lipinski definition) is 3. The van der Waals surface area contributed by atoms with Crippen LogP contribution < -0.4 is 16.2 Å². The van der Waals surface area contributed by atoms with Crippen molar-refractivity contribution >= 4 is 5.91 Å². The molecule has 4 nitrogen and oxygen atoms in total. The quantitative estimate of drug-likeness (QED) is 0.756. The SMILES string of the molecule is CCCC1CC(C(=O)NCc2cccc(F)c2)NN1. The van der Waals surface area contributed by atoms with Gasteiger partial charge in [0.2, 0.25) is 5.91 Å². The largest absolute Gasteiger partial charge is 0.351 e. The predicted octanol–water partition coefficient (Wildman–Crippen LogP) is 1.48. The second kappa shape index (κ2) is 6.63. The number of benzene rings is 1. The molecule has 0 saturated carbocycles. The number of carbonyl (C=O) groups excluding carboxylic acids is 1. The molecule has 0 aliphatic carbocycles. The number of rotatable bonds is 5. The van der Waals surface area contributed by atoms with Crippen molar-refractivity contribution in [1.29, 1.82) is 0 Å². The third-order valence-electron chi connectivity index (χ3n) is 3.29. The van der Waals surface area contributed by atoms with Crippen LogP contribution in [0.1, 0.15) is 31.7 Å². The zero-order valence-electron chi connectivity index (χ0n) is 11.1. The van der Waals surface area contributed by atoms with Crippen molar-refractivity contribution < 1.29 is 9.18 Å². The molecule has 1 aromatic rings. The number of hydrazine groups is 1. The number of nitrogens with one attached hydrogen (secondary N) is 3. The summed E-state index contributed by atoms with van der Waals surface area (Å²) in [5.41, 5.74) is 6.90. The van der Waals surface area contributed by atoms with E-state index in [-0.39, 0.29) is 17.8 Å². The molecule has 1 fully saturated rings. The Kier molecular flexibility index (Phi) is 4.87. The minimum absolute atomic E-state index is 0.0460. The molecule has 5 heteroatoms. The highest BCUT2D eigenvalue weighted by Crippen LogP contribution is 2.10. The maximum absolute atomic E-state index is 13.0. The van der Waals surface area contributed by atoms with Crippen LogP contribution in [-0.4, -0.2) is 18.0 Å². The molecule has 1 aliphatic rings. The van der Waals surface area contributed by atoms with Crippen LogP contribution in [0, 0.1) is 5.82 Å². The lowest BCUT2D eigenvalue weighted by Gasteiger charge is -2.10. The molecule has 19 heavy (non-hydrogen) atoms. The number of hydrogen-bond acceptors (Lipinski definition) is 3. The monoisotopic (exact) mass is 265 g/mol. The predicted molar refractivity (Wildman–Crippen MR) is 71.6 cm³/mol. The summed E-state index contributed by atoms with van der Waals surface area (Å²) >= 11 is 0. The van der Waals surface area contributed by atoms with Crippen LogP contribution in [0.25, 0.3) is 0 Å². The molecule has 1 amide bonds. The van der Waals surface area contributed by atoms with E-state index in [1.807, 2.05) is 0 Å². The number of amides is 1. The Hall–Kier alpha value is -1.46. The summed E-state index contributed by atoms with van der Waals surface area (Å²) in [6.45, 7) is 2.48. The Balaban J connectivity index is 1.79. The van der Waals surface area contributed by atoms with E-state index in [4.69, 9.17) is 0 Å². The zero-order valence-corrected chi connectivity index (χ0v) is 11.1. The molecule has 1 saturated heterocycles. The average molecular weight is 265 g/mol. The Bertz CT molecular complexity index is 438. The molecular weight excluding hydrogens is 245 g/mol. The van der Waals surface area contributed by atoms with Crippen LogP contribution >= 0.6 is 0 Å². The molecule has 0 spiro atoms. The summed E-state index contributed by atoms with van der Waals surface area (Å²) in [7, 11) is 0. The first-order valence-electron chi connectivity index (χ1n) is 6.72. The average Bonchev–Trinajstić information content (AvgIpc) is 2.85. The first kappa shape index (κ1) is 14.0. The van der Waals surface area contributed by atoms with Gasteiger partial charge < -0.3 is 5.32 Å². The molecule has 1 heterocycles. The van der Waals surface area contributed by atoms with E-state index in [2.05, 4.69) is 23.1 Å². The van der Waals surface area contributed by atoms with Crippen molar-refractivity contribution in [3.05, 3.63) is 35.6 Å². The maximum atomic E-state index is 13.0. The van der Waals surface area contributed by atoms with Crippen molar-refractivity contribution in [2.45, 2.75) is 44.8 Å². The van der Waals surface area contributed by atoms with Gasteiger partial charge in [0.1, 0.15) is 11.9 Å². The Morgan fingerprint density at radius 3 is 3.05 bits per heavy atom. The molecule has 0 aromatic heterocycles. The van der Waals surface area contributed by atoms with Gasteiger partial charge in [-0.1, -0.05) is 25.5 Å². The fourth-order valence-electron chi connectivity index (χ4n) is 2.29. The number of halogens is 1. The van der Waals surface area contributed by atoms with Crippen molar-refractivity contribution in [3.63, 3.8) is 0 Å². The van der Waals surface area contributed by atoms with Crippen LogP contribution in [0.3, 0.4) is 0 Å². The zero-order chi connectivity index (χ0) is 13.7. The molecule has 0 radical (unpaired) electrons. The fraction of sp³-hybridized carbons (Fsp3) is 0.500. The van der Waals surface area contributed by atoms with Crippen LogP contribution in [-0.2, 0) is 11.3 Å². The lowest BCUT2D eigenvalue weighted by Crippen LogP contribution is -2.43. The molecular formula is C14H20FN3O. The summed E-state index contributed by atoms with van der Waals surface area (Å²) in [5, 5.41) is 2.82. The normalized spacial score (nSPS) is 22.4.